The Labute approximate surface area is 235 Å². The zero-order valence-electron chi connectivity index (χ0n) is 24.7. The van der Waals surface area contributed by atoms with Gasteiger partial charge in [0.05, 0.1) is 19.8 Å². The number of nitrogens with one attached hydrogen (secondary N) is 1. The van der Waals surface area contributed by atoms with Crippen LogP contribution in [0.4, 0.5) is 0 Å². The van der Waals surface area contributed by atoms with E-state index in [-0.39, 0.29) is 23.7 Å². The molecule has 1 amide bonds. The van der Waals surface area contributed by atoms with Crippen LogP contribution < -0.4 is 20.5 Å². The van der Waals surface area contributed by atoms with E-state index in [2.05, 4.69) is 25.2 Å². The van der Waals surface area contributed by atoms with Crippen LogP contribution in [0.5, 0.6) is 11.5 Å². The lowest BCUT2D eigenvalue weighted by atomic mass is 9.81. The number of aliphatic hydroxyl groups is 1. The number of methoxy groups -OCH3 is 2. The van der Waals surface area contributed by atoms with E-state index in [1.54, 1.807) is 14.2 Å². The second-order valence-corrected chi connectivity index (χ2v) is 11.1. The molecule has 0 spiro atoms. The lowest BCUT2D eigenvalue weighted by Crippen LogP contribution is -2.42. The van der Waals surface area contributed by atoms with E-state index in [1.165, 1.54) is 0 Å². The normalized spacial score (nSPS) is 14.6. The van der Waals surface area contributed by atoms with Gasteiger partial charge in [0.1, 0.15) is 0 Å². The van der Waals surface area contributed by atoms with Crippen LogP contribution >= 0.6 is 0 Å². The predicted molar refractivity (Wildman–Crippen MR) is 157 cm³/mol. The summed E-state index contributed by atoms with van der Waals surface area (Å²) in [5.74, 6) is 1.78. The van der Waals surface area contributed by atoms with Crippen molar-refractivity contribution in [2.45, 2.75) is 72.1 Å². The fourth-order valence-corrected chi connectivity index (χ4v) is 4.78. The van der Waals surface area contributed by atoms with E-state index in [1.807, 2.05) is 56.3 Å². The van der Waals surface area contributed by atoms with Crippen molar-refractivity contribution >= 4 is 5.91 Å². The zero-order chi connectivity index (χ0) is 28.8. The molecular weight excluding hydrogens is 492 g/mol. The maximum absolute atomic E-state index is 13.0. The van der Waals surface area contributed by atoms with E-state index in [0.717, 1.165) is 29.7 Å². The third kappa shape index (κ3) is 11.2. The van der Waals surface area contributed by atoms with Crippen LogP contribution in [0.25, 0.3) is 0 Å². The van der Waals surface area contributed by atoms with Crippen molar-refractivity contribution < 1.29 is 24.1 Å². The second kappa shape index (κ2) is 17.2. The van der Waals surface area contributed by atoms with Crippen LogP contribution in [-0.4, -0.2) is 50.6 Å². The van der Waals surface area contributed by atoms with Gasteiger partial charge < -0.3 is 30.4 Å². The van der Waals surface area contributed by atoms with E-state index >= 15 is 0 Å². The number of carbonyl (C=O) groups is 1. The van der Waals surface area contributed by atoms with E-state index in [0.29, 0.717) is 44.3 Å². The number of hydrogen-bond donors (Lipinski definition) is 3. The minimum absolute atomic E-state index is 0.0447. The highest BCUT2D eigenvalue weighted by Crippen LogP contribution is 2.31. The predicted octanol–water partition coefficient (Wildman–Crippen LogP) is 4.98. The first-order valence-electron chi connectivity index (χ1n) is 14.2. The molecule has 4 atom stereocenters. The molecule has 0 heterocycles. The molecule has 39 heavy (non-hydrogen) atoms. The van der Waals surface area contributed by atoms with Crippen LogP contribution in [0, 0.1) is 23.7 Å². The second-order valence-electron chi connectivity index (χ2n) is 11.1. The molecule has 0 saturated heterocycles. The van der Waals surface area contributed by atoms with Gasteiger partial charge in [-0.15, -0.1) is 0 Å². The Hall–Kier alpha value is -2.61. The van der Waals surface area contributed by atoms with Gasteiger partial charge in [0.15, 0.2) is 11.5 Å². The van der Waals surface area contributed by atoms with Gasteiger partial charge in [-0.3, -0.25) is 4.79 Å². The Morgan fingerprint density at radius 1 is 0.923 bits per heavy atom. The van der Waals surface area contributed by atoms with Gasteiger partial charge in [-0.2, -0.15) is 0 Å². The summed E-state index contributed by atoms with van der Waals surface area (Å²) < 4.78 is 16.6. The third-order valence-corrected chi connectivity index (χ3v) is 7.43. The summed E-state index contributed by atoms with van der Waals surface area (Å²) in [6.07, 6.45) is 1.84. The standard InChI is InChI=1S/C32H50N2O5/c1-22(2)26(17-25-13-14-30(38-6)31(18-25)39-16-10-15-37-5)19-28(33)29(35)20-27(23(3)4)32(36)34-21-24-11-8-7-9-12-24/h7-9,11-14,18,22-23,26-29,35H,10,15-17,19-21,33H2,1-6H3,(H,34,36)/t26-,27+,28-,29-/m0/s1. The summed E-state index contributed by atoms with van der Waals surface area (Å²) in [5.41, 5.74) is 8.74. The number of rotatable bonds is 18. The number of benzene rings is 2. The SMILES string of the molecule is COCCCOc1cc(C[C@@H](C[C@H](N)[C@@H](O)C[C@@H](C(=O)NCc2ccccc2)C(C)C)C(C)C)ccc1OC. The fraction of sp³-hybridized carbons (Fsp3) is 0.594. The molecule has 4 N–H and O–H groups in total. The molecule has 0 unspecified atom stereocenters. The van der Waals surface area contributed by atoms with Crippen LogP contribution in [0.1, 0.15) is 58.1 Å². The highest BCUT2D eigenvalue weighted by Gasteiger charge is 2.29. The van der Waals surface area contributed by atoms with Gasteiger partial charge in [0, 0.05) is 38.6 Å². The van der Waals surface area contributed by atoms with Crippen molar-refractivity contribution in [1.29, 1.82) is 0 Å². The number of amides is 1. The van der Waals surface area contributed by atoms with Crippen LogP contribution in [-0.2, 0) is 22.5 Å². The quantitative estimate of drug-likeness (QED) is 0.230. The van der Waals surface area contributed by atoms with Gasteiger partial charge in [-0.05, 0) is 60.3 Å². The molecular formula is C32H50N2O5. The molecule has 0 aliphatic carbocycles. The number of hydrogen-bond acceptors (Lipinski definition) is 6. The highest BCUT2D eigenvalue weighted by atomic mass is 16.5. The molecule has 7 heteroatoms. The number of ether oxygens (including phenoxy) is 3. The number of nitrogens with two attached hydrogens (primary N) is 1. The molecule has 2 aromatic rings. The van der Waals surface area contributed by atoms with Gasteiger partial charge in [0.2, 0.25) is 5.91 Å². The Balaban J connectivity index is 2.00. The van der Waals surface area contributed by atoms with Crippen molar-refractivity contribution in [3.05, 3.63) is 59.7 Å². The maximum Gasteiger partial charge on any atom is 0.223 e. The summed E-state index contributed by atoms with van der Waals surface area (Å²) in [7, 11) is 3.32. The average molecular weight is 543 g/mol. The van der Waals surface area contributed by atoms with Crippen molar-refractivity contribution in [3.63, 3.8) is 0 Å². The largest absolute Gasteiger partial charge is 0.493 e. The molecule has 0 bridgehead atoms. The molecule has 7 nitrogen and oxygen atoms in total. The first-order chi connectivity index (χ1) is 18.7. The maximum atomic E-state index is 13.0. The van der Waals surface area contributed by atoms with Crippen molar-refractivity contribution in [2.75, 3.05) is 27.4 Å². The van der Waals surface area contributed by atoms with Crippen molar-refractivity contribution in [2.24, 2.45) is 29.4 Å². The van der Waals surface area contributed by atoms with Crippen molar-refractivity contribution in [1.82, 2.24) is 5.32 Å². The molecule has 0 saturated carbocycles. The lowest BCUT2D eigenvalue weighted by Gasteiger charge is -2.30. The van der Waals surface area contributed by atoms with E-state index < -0.39 is 12.1 Å². The number of aliphatic hydroxyl groups excluding tert-OH is 1. The average Bonchev–Trinajstić information content (AvgIpc) is 2.92. The minimum Gasteiger partial charge on any atom is -0.493 e. The molecule has 0 aliphatic heterocycles. The Kier molecular flexibility index (Phi) is 14.3. The van der Waals surface area contributed by atoms with Crippen molar-refractivity contribution in [3.8, 4) is 11.5 Å². The highest BCUT2D eigenvalue weighted by molar-refractivity contribution is 5.78. The molecule has 0 fully saturated rings. The van der Waals surface area contributed by atoms with E-state index in [4.69, 9.17) is 19.9 Å². The smallest absolute Gasteiger partial charge is 0.223 e. The third-order valence-electron chi connectivity index (χ3n) is 7.43. The summed E-state index contributed by atoms with van der Waals surface area (Å²) in [5, 5.41) is 14.1. The van der Waals surface area contributed by atoms with Crippen LogP contribution in [0.15, 0.2) is 48.5 Å². The minimum atomic E-state index is -0.767. The number of carbonyl (C=O) groups excluding carboxylic acids is 1. The van der Waals surface area contributed by atoms with Gasteiger partial charge in [0.25, 0.3) is 0 Å². The summed E-state index contributed by atoms with van der Waals surface area (Å²) in [4.78, 5) is 13.0. The summed E-state index contributed by atoms with van der Waals surface area (Å²) in [6, 6.07) is 15.4. The first kappa shape index (κ1) is 32.6. The van der Waals surface area contributed by atoms with Crippen LogP contribution in [0.3, 0.4) is 0 Å². The Bertz CT molecular complexity index is 966. The van der Waals surface area contributed by atoms with Gasteiger partial charge in [-0.25, -0.2) is 0 Å². The molecule has 218 valence electrons. The monoisotopic (exact) mass is 542 g/mol. The summed E-state index contributed by atoms with van der Waals surface area (Å²) in [6.45, 7) is 10.1. The zero-order valence-corrected chi connectivity index (χ0v) is 24.7. The molecule has 0 radical (unpaired) electrons. The molecule has 2 rings (SSSR count). The summed E-state index contributed by atoms with van der Waals surface area (Å²) >= 11 is 0. The topological polar surface area (TPSA) is 103 Å². The fourth-order valence-electron chi connectivity index (χ4n) is 4.78. The molecule has 2 aromatic carbocycles. The van der Waals surface area contributed by atoms with Gasteiger partial charge in [-0.1, -0.05) is 64.1 Å². The Morgan fingerprint density at radius 3 is 2.26 bits per heavy atom. The van der Waals surface area contributed by atoms with E-state index in [9.17, 15) is 9.90 Å². The lowest BCUT2D eigenvalue weighted by molar-refractivity contribution is -0.127. The molecule has 0 aromatic heterocycles. The first-order valence-corrected chi connectivity index (χ1v) is 14.2. The Morgan fingerprint density at radius 2 is 1.64 bits per heavy atom. The van der Waals surface area contributed by atoms with Gasteiger partial charge >= 0.3 is 0 Å². The molecule has 0 aliphatic rings. The van der Waals surface area contributed by atoms with Crippen LogP contribution in [0.2, 0.25) is 0 Å².